The first-order valence-electron chi connectivity index (χ1n) is 5.73. The van der Waals surface area contributed by atoms with Crippen molar-refractivity contribution in [3.63, 3.8) is 0 Å². The minimum Gasteiger partial charge on any atom is -0.504 e. The minimum atomic E-state index is -1.16. The van der Waals surface area contributed by atoms with Gasteiger partial charge in [0.25, 0.3) is 0 Å². The van der Waals surface area contributed by atoms with E-state index in [1.54, 1.807) is 12.2 Å². The fourth-order valence-electron chi connectivity index (χ4n) is 1.65. The van der Waals surface area contributed by atoms with Crippen LogP contribution in [0.3, 0.4) is 0 Å². The fourth-order valence-corrected chi connectivity index (χ4v) is 1.65. The van der Waals surface area contributed by atoms with Crippen LogP contribution in [-0.4, -0.2) is 22.2 Å². The number of carbonyl (C=O) groups is 2. The summed E-state index contributed by atoms with van der Waals surface area (Å²) >= 11 is 0. The highest BCUT2D eigenvalue weighted by atomic mass is 16.5. The van der Waals surface area contributed by atoms with Crippen LogP contribution in [0.5, 0.6) is 11.5 Å². The van der Waals surface area contributed by atoms with Gasteiger partial charge in [-0.3, -0.25) is 0 Å². The lowest BCUT2D eigenvalue weighted by atomic mass is 10.1. The summed E-state index contributed by atoms with van der Waals surface area (Å²) in [6.45, 7) is 0. The summed E-state index contributed by atoms with van der Waals surface area (Å²) < 4.78 is 5.00. The van der Waals surface area contributed by atoms with Crippen LogP contribution in [0.25, 0.3) is 0 Å². The largest absolute Gasteiger partial charge is 0.504 e. The topological polar surface area (TPSA) is 83.8 Å². The third kappa shape index (κ3) is 3.01. The molecular weight excluding hydrogens is 248 g/mol. The van der Waals surface area contributed by atoms with E-state index in [-0.39, 0.29) is 17.1 Å². The van der Waals surface area contributed by atoms with Crippen molar-refractivity contribution in [2.75, 3.05) is 0 Å². The molecule has 98 valence electrons. The van der Waals surface area contributed by atoms with Gasteiger partial charge in [0, 0.05) is 0 Å². The highest BCUT2D eigenvalue weighted by Crippen LogP contribution is 2.28. The van der Waals surface area contributed by atoms with E-state index in [4.69, 9.17) is 9.84 Å². The van der Waals surface area contributed by atoms with Crippen LogP contribution in [0.4, 0.5) is 0 Å². The number of phenolic OH excluding ortho intramolecular Hbond substituents is 1. The van der Waals surface area contributed by atoms with Crippen LogP contribution >= 0.6 is 0 Å². The first-order valence-corrected chi connectivity index (χ1v) is 5.73. The van der Waals surface area contributed by atoms with Gasteiger partial charge in [-0.25, -0.2) is 9.59 Å². The van der Waals surface area contributed by atoms with Gasteiger partial charge in [-0.1, -0.05) is 18.2 Å². The van der Waals surface area contributed by atoms with E-state index in [0.29, 0.717) is 5.57 Å². The molecule has 0 fully saturated rings. The van der Waals surface area contributed by atoms with Crippen molar-refractivity contribution in [1.82, 2.24) is 0 Å². The Kier molecular flexibility index (Phi) is 3.66. The predicted molar refractivity (Wildman–Crippen MR) is 67.2 cm³/mol. The predicted octanol–water partition coefficient (Wildman–Crippen LogP) is 2.27. The molecule has 1 aromatic carbocycles. The summed E-state index contributed by atoms with van der Waals surface area (Å²) in [6.07, 6.45) is 6.85. The van der Waals surface area contributed by atoms with Crippen LogP contribution in [0, 0.1) is 0 Å². The number of esters is 1. The van der Waals surface area contributed by atoms with Gasteiger partial charge in [-0.2, -0.15) is 0 Å². The van der Waals surface area contributed by atoms with E-state index in [2.05, 4.69) is 0 Å². The average molecular weight is 260 g/mol. The molecule has 1 aliphatic carbocycles. The Balaban J connectivity index is 2.20. The zero-order valence-corrected chi connectivity index (χ0v) is 10.00. The number of carbonyl (C=O) groups excluding carboxylic acids is 1. The summed E-state index contributed by atoms with van der Waals surface area (Å²) in [5, 5.41) is 18.4. The SMILES string of the molecule is O=C(Oc1cc(C(=O)O)ccc1O)C1=CCCC=C1. The number of hydrogen-bond acceptors (Lipinski definition) is 4. The van der Waals surface area contributed by atoms with Gasteiger partial charge in [0.05, 0.1) is 11.1 Å². The van der Waals surface area contributed by atoms with Gasteiger partial charge in [0.15, 0.2) is 11.5 Å². The maximum absolute atomic E-state index is 11.8. The molecule has 0 saturated carbocycles. The first-order chi connectivity index (χ1) is 9.08. The minimum absolute atomic E-state index is 0.0613. The quantitative estimate of drug-likeness (QED) is 0.643. The van der Waals surface area contributed by atoms with E-state index in [0.717, 1.165) is 18.9 Å². The molecule has 5 heteroatoms. The normalized spacial score (nSPS) is 13.8. The van der Waals surface area contributed by atoms with Crippen LogP contribution in [0.15, 0.2) is 42.0 Å². The molecule has 0 saturated heterocycles. The molecule has 5 nitrogen and oxygen atoms in total. The fraction of sp³-hybridized carbons (Fsp3) is 0.143. The molecule has 19 heavy (non-hydrogen) atoms. The van der Waals surface area contributed by atoms with Gasteiger partial charge in [-0.15, -0.1) is 0 Å². The van der Waals surface area contributed by atoms with Crippen molar-refractivity contribution in [2.45, 2.75) is 12.8 Å². The van der Waals surface area contributed by atoms with Crippen molar-refractivity contribution in [3.8, 4) is 11.5 Å². The molecule has 2 N–H and O–H groups in total. The lowest BCUT2D eigenvalue weighted by Gasteiger charge is -2.09. The van der Waals surface area contributed by atoms with Crippen molar-refractivity contribution < 1.29 is 24.5 Å². The van der Waals surface area contributed by atoms with Crippen molar-refractivity contribution >= 4 is 11.9 Å². The Bertz CT molecular complexity index is 583. The zero-order valence-electron chi connectivity index (χ0n) is 10.00. The van der Waals surface area contributed by atoms with Crippen LogP contribution < -0.4 is 4.74 Å². The second kappa shape index (κ2) is 5.39. The molecule has 0 aromatic heterocycles. The second-order valence-corrected chi connectivity index (χ2v) is 4.02. The van der Waals surface area contributed by atoms with E-state index in [1.807, 2.05) is 6.08 Å². The summed E-state index contributed by atoms with van der Waals surface area (Å²) in [6, 6.07) is 3.52. The number of carboxylic acid groups (broad SMARTS) is 1. The second-order valence-electron chi connectivity index (χ2n) is 4.02. The van der Waals surface area contributed by atoms with E-state index < -0.39 is 11.9 Å². The smallest absolute Gasteiger partial charge is 0.343 e. The standard InChI is InChI=1S/C14H12O5/c15-11-7-6-10(13(16)17)8-12(11)19-14(18)9-4-2-1-3-5-9/h2,4-8,15H,1,3H2,(H,16,17). The lowest BCUT2D eigenvalue weighted by Crippen LogP contribution is -2.11. The number of rotatable bonds is 3. The summed E-state index contributed by atoms with van der Waals surface area (Å²) in [4.78, 5) is 22.6. The number of ether oxygens (including phenoxy) is 1. The zero-order chi connectivity index (χ0) is 13.8. The van der Waals surface area contributed by atoms with Gasteiger partial charge in [0.2, 0.25) is 0 Å². The maximum atomic E-state index is 11.8. The van der Waals surface area contributed by atoms with Gasteiger partial charge >= 0.3 is 11.9 Å². The molecule has 0 atom stereocenters. The molecule has 1 aromatic rings. The number of phenols is 1. The van der Waals surface area contributed by atoms with Gasteiger partial charge in [0.1, 0.15) is 0 Å². The van der Waals surface area contributed by atoms with Crippen LogP contribution in [0.1, 0.15) is 23.2 Å². The van der Waals surface area contributed by atoms with Crippen LogP contribution in [0.2, 0.25) is 0 Å². The van der Waals surface area contributed by atoms with Crippen molar-refractivity contribution in [2.24, 2.45) is 0 Å². The molecule has 0 amide bonds. The highest BCUT2D eigenvalue weighted by Gasteiger charge is 2.15. The molecule has 0 bridgehead atoms. The number of hydrogen-bond donors (Lipinski definition) is 2. The van der Waals surface area contributed by atoms with Crippen LogP contribution in [-0.2, 0) is 4.79 Å². The molecule has 0 radical (unpaired) electrons. The summed E-state index contributed by atoms with van der Waals surface area (Å²) in [5.41, 5.74) is 0.333. The monoisotopic (exact) mass is 260 g/mol. The number of aromatic carboxylic acids is 1. The number of carboxylic acids is 1. The van der Waals surface area contributed by atoms with Gasteiger partial charge in [-0.05, 0) is 31.0 Å². The molecule has 1 aliphatic rings. The molecule has 0 unspecified atom stereocenters. The third-order valence-electron chi connectivity index (χ3n) is 2.64. The Morgan fingerprint density at radius 2 is 2.00 bits per heavy atom. The summed E-state index contributed by atoms with van der Waals surface area (Å²) in [5.74, 6) is -2.22. The Labute approximate surface area is 109 Å². The Morgan fingerprint density at radius 1 is 1.21 bits per heavy atom. The van der Waals surface area contributed by atoms with E-state index in [1.165, 1.54) is 12.1 Å². The molecule has 0 aliphatic heterocycles. The number of benzene rings is 1. The lowest BCUT2D eigenvalue weighted by molar-refractivity contribution is -0.129. The summed E-state index contributed by atoms with van der Waals surface area (Å²) in [7, 11) is 0. The van der Waals surface area contributed by atoms with Crippen molar-refractivity contribution in [1.29, 1.82) is 0 Å². The number of aromatic hydroxyl groups is 1. The average Bonchev–Trinajstić information content (AvgIpc) is 2.42. The van der Waals surface area contributed by atoms with Crippen molar-refractivity contribution in [3.05, 3.63) is 47.6 Å². The van der Waals surface area contributed by atoms with E-state index >= 15 is 0 Å². The first kappa shape index (κ1) is 12.9. The third-order valence-corrected chi connectivity index (χ3v) is 2.64. The maximum Gasteiger partial charge on any atom is 0.343 e. The Hall–Kier alpha value is -2.56. The molecule has 0 spiro atoms. The Morgan fingerprint density at radius 3 is 2.63 bits per heavy atom. The number of allylic oxidation sites excluding steroid dienone is 2. The molecule has 2 rings (SSSR count). The molecular formula is C14H12O5. The molecule has 0 heterocycles. The van der Waals surface area contributed by atoms with Gasteiger partial charge < -0.3 is 14.9 Å². The van der Waals surface area contributed by atoms with E-state index in [9.17, 15) is 14.7 Å². The highest BCUT2D eigenvalue weighted by molar-refractivity contribution is 5.94.